The molecule has 0 aliphatic heterocycles. The summed E-state index contributed by atoms with van der Waals surface area (Å²) in [6.45, 7) is 6.39. The van der Waals surface area contributed by atoms with Gasteiger partial charge in [-0.2, -0.15) is 0 Å². The lowest BCUT2D eigenvalue weighted by molar-refractivity contribution is 0.181. The number of benzene rings is 3. The van der Waals surface area contributed by atoms with Crippen molar-refractivity contribution >= 4 is 18.7 Å². The molecule has 0 bridgehead atoms. The van der Waals surface area contributed by atoms with Crippen LogP contribution in [-0.4, -0.2) is 8.32 Å². The molecule has 3 rings (SSSR count). The SMILES string of the molecule is CC#C[C@@H](C)C[C@H](O[Si](C)(c1ccccc1)c1ccccc1)c1ccccc1. The second-order valence-electron chi connectivity index (χ2n) is 7.31. The van der Waals surface area contributed by atoms with Crippen LogP contribution in [0.1, 0.15) is 31.9 Å². The topological polar surface area (TPSA) is 9.23 Å². The van der Waals surface area contributed by atoms with Crippen molar-refractivity contribution < 1.29 is 4.43 Å². The zero-order valence-corrected chi connectivity index (χ0v) is 17.9. The predicted octanol–water partition coefficient (Wildman–Crippen LogP) is 5.18. The largest absolute Gasteiger partial charge is 0.401 e. The maximum atomic E-state index is 7.08. The smallest absolute Gasteiger partial charge is 0.253 e. The van der Waals surface area contributed by atoms with Gasteiger partial charge < -0.3 is 4.43 Å². The molecule has 0 aliphatic rings. The summed E-state index contributed by atoms with van der Waals surface area (Å²) in [6.07, 6.45) is 0.891. The minimum atomic E-state index is -2.39. The summed E-state index contributed by atoms with van der Waals surface area (Å²) in [7, 11) is -2.39. The molecule has 0 spiro atoms. The van der Waals surface area contributed by atoms with Gasteiger partial charge in [0, 0.05) is 5.92 Å². The molecule has 3 aromatic carbocycles. The van der Waals surface area contributed by atoms with Crippen molar-refractivity contribution in [2.45, 2.75) is 32.9 Å². The van der Waals surface area contributed by atoms with Crippen molar-refractivity contribution in [3.63, 3.8) is 0 Å². The normalized spacial score (nSPS) is 13.2. The first-order valence-corrected chi connectivity index (χ1v) is 12.3. The highest BCUT2D eigenvalue weighted by atomic mass is 28.4. The summed E-state index contributed by atoms with van der Waals surface area (Å²) in [5, 5.41) is 2.58. The summed E-state index contributed by atoms with van der Waals surface area (Å²) in [5.41, 5.74) is 1.22. The zero-order valence-electron chi connectivity index (χ0n) is 16.9. The summed E-state index contributed by atoms with van der Waals surface area (Å²) < 4.78 is 7.08. The Morgan fingerprint density at radius 2 is 1.25 bits per heavy atom. The third-order valence-electron chi connectivity index (χ3n) is 5.16. The molecule has 0 aliphatic carbocycles. The first kappa shape index (κ1) is 20.1. The van der Waals surface area contributed by atoms with Gasteiger partial charge in [0.05, 0.1) is 6.10 Å². The van der Waals surface area contributed by atoms with Gasteiger partial charge in [-0.05, 0) is 35.8 Å². The van der Waals surface area contributed by atoms with E-state index < -0.39 is 8.32 Å². The lowest BCUT2D eigenvalue weighted by Gasteiger charge is -2.34. The number of hydrogen-bond donors (Lipinski definition) is 0. The molecule has 1 nitrogen and oxygen atoms in total. The van der Waals surface area contributed by atoms with E-state index in [0.29, 0.717) is 0 Å². The third-order valence-corrected chi connectivity index (χ3v) is 8.78. The third kappa shape index (κ3) is 4.81. The molecule has 0 unspecified atom stereocenters. The molecule has 0 fully saturated rings. The lowest BCUT2D eigenvalue weighted by Crippen LogP contribution is -2.58. The molecule has 142 valence electrons. The Labute approximate surface area is 170 Å². The van der Waals surface area contributed by atoms with Gasteiger partial charge in [0.15, 0.2) is 0 Å². The Bertz CT molecular complexity index is 871. The molecular weight excluding hydrogens is 356 g/mol. The first-order chi connectivity index (χ1) is 13.6. The van der Waals surface area contributed by atoms with Crippen LogP contribution in [0.5, 0.6) is 0 Å². The second kappa shape index (κ2) is 9.55. The van der Waals surface area contributed by atoms with E-state index in [0.717, 1.165) is 6.42 Å². The maximum Gasteiger partial charge on any atom is 0.253 e. The van der Waals surface area contributed by atoms with Gasteiger partial charge >= 0.3 is 0 Å². The Hall–Kier alpha value is -2.60. The Morgan fingerprint density at radius 3 is 1.71 bits per heavy atom. The van der Waals surface area contributed by atoms with Crippen LogP contribution in [0.3, 0.4) is 0 Å². The van der Waals surface area contributed by atoms with Gasteiger partial charge in [-0.25, -0.2) is 0 Å². The molecular formula is C26H28OSi. The summed E-state index contributed by atoms with van der Waals surface area (Å²) in [4.78, 5) is 0. The molecule has 2 atom stereocenters. The van der Waals surface area contributed by atoms with E-state index in [4.69, 9.17) is 4.43 Å². The molecule has 28 heavy (non-hydrogen) atoms. The van der Waals surface area contributed by atoms with Crippen LogP contribution in [0.25, 0.3) is 0 Å². The van der Waals surface area contributed by atoms with Crippen molar-refractivity contribution in [1.29, 1.82) is 0 Å². The molecule has 2 heteroatoms. The summed E-state index contributed by atoms with van der Waals surface area (Å²) in [5.74, 6) is 6.63. The van der Waals surface area contributed by atoms with E-state index in [1.54, 1.807) is 0 Å². The van der Waals surface area contributed by atoms with Crippen LogP contribution in [0.15, 0.2) is 91.0 Å². The van der Waals surface area contributed by atoms with Gasteiger partial charge in [-0.3, -0.25) is 0 Å². The molecule has 0 saturated heterocycles. The highest BCUT2D eigenvalue weighted by Crippen LogP contribution is 2.28. The molecule has 0 N–H and O–H groups in total. The summed E-state index contributed by atoms with van der Waals surface area (Å²) in [6, 6.07) is 32.0. The van der Waals surface area contributed by atoms with Gasteiger partial charge in [0.2, 0.25) is 0 Å². The Morgan fingerprint density at radius 1 is 0.786 bits per heavy atom. The standard InChI is InChI=1S/C26H28OSi/c1-4-14-22(2)21-26(23-15-8-5-9-16-23)27-28(3,24-17-10-6-11-18-24)25-19-12-7-13-20-25/h5-13,15-20,22,26H,21H2,1-3H3/t22-,26+/m1/s1. The van der Waals surface area contributed by atoms with Crippen LogP contribution in [0.2, 0.25) is 6.55 Å². The quantitative estimate of drug-likeness (QED) is 0.403. The first-order valence-electron chi connectivity index (χ1n) is 9.89. The maximum absolute atomic E-state index is 7.08. The van der Waals surface area contributed by atoms with Crippen LogP contribution in [0, 0.1) is 17.8 Å². The number of rotatable bonds is 7. The van der Waals surface area contributed by atoms with Gasteiger partial charge in [-0.1, -0.05) is 97.9 Å². The predicted molar refractivity (Wildman–Crippen MR) is 121 cm³/mol. The fourth-order valence-electron chi connectivity index (χ4n) is 3.65. The lowest BCUT2D eigenvalue weighted by atomic mass is 9.99. The molecule has 0 heterocycles. The Kier molecular flexibility index (Phi) is 6.87. The van der Waals surface area contributed by atoms with E-state index in [1.807, 2.05) is 6.92 Å². The van der Waals surface area contributed by atoms with Crippen LogP contribution in [0.4, 0.5) is 0 Å². The minimum Gasteiger partial charge on any atom is -0.401 e. The van der Waals surface area contributed by atoms with Gasteiger partial charge in [0.25, 0.3) is 8.32 Å². The molecule has 0 amide bonds. The van der Waals surface area contributed by atoms with Crippen LogP contribution >= 0.6 is 0 Å². The van der Waals surface area contributed by atoms with Crippen molar-refractivity contribution in [3.05, 3.63) is 96.6 Å². The molecule has 3 aromatic rings. The monoisotopic (exact) mass is 384 g/mol. The van der Waals surface area contributed by atoms with Crippen LogP contribution in [-0.2, 0) is 4.43 Å². The van der Waals surface area contributed by atoms with E-state index in [9.17, 15) is 0 Å². The second-order valence-corrected chi connectivity index (χ2v) is 10.8. The van der Waals surface area contributed by atoms with Crippen molar-refractivity contribution in [3.8, 4) is 11.8 Å². The minimum absolute atomic E-state index is 0.00845. The molecule has 0 saturated carbocycles. The average molecular weight is 385 g/mol. The van der Waals surface area contributed by atoms with E-state index in [-0.39, 0.29) is 12.0 Å². The van der Waals surface area contributed by atoms with E-state index >= 15 is 0 Å². The highest BCUT2D eigenvalue weighted by molar-refractivity contribution is 6.96. The van der Waals surface area contributed by atoms with E-state index in [2.05, 4.69) is 116 Å². The average Bonchev–Trinajstić information content (AvgIpc) is 2.75. The number of hydrogen-bond acceptors (Lipinski definition) is 1. The Balaban J connectivity index is 2.03. The van der Waals surface area contributed by atoms with Gasteiger partial charge in [-0.15, -0.1) is 11.8 Å². The fourth-order valence-corrected chi connectivity index (χ4v) is 6.71. The van der Waals surface area contributed by atoms with Crippen molar-refractivity contribution in [2.24, 2.45) is 5.92 Å². The van der Waals surface area contributed by atoms with E-state index in [1.165, 1.54) is 15.9 Å². The van der Waals surface area contributed by atoms with Crippen molar-refractivity contribution in [1.82, 2.24) is 0 Å². The fraction of sp³-hybridized carbons (Fsp3) is 0.231. The molecule has 0 radical (unpaired) electrons. The molecule has 0 aromatic heterocycles. The highest BCUT2D eigenvalue weighted by Gasteiger charge is 2.37. The van der Waals surface area contributed by atoms with Crippen LogP contribution < -0.4 is 10.4 Å². The summed E-state index contributed by atoms with van der Waals surface area (Å²) >= 11 is 0. The zero-order chi connectivity index (χ0) is 19.8. The van der Waals surface area contributed by atoms with Crippen molar-refractivity contribution in [2.75, 3.05) is 0 Å². The van der Waals surface area contributed by atoms with Gasteiger partial charge in [0.1, 0.15) is 0 Å².